The van der Waals surface area contributed by atoms with E-state index in [0.29, 0.717) is 17.8 Å². The molecule has 1 aromatic carbocycles. The van der Waals surface area contributed by atoms with Crippen LogP contribution < -0.4 is 11.1 Å². The Balaban J connectivity index is 1.61. The van der Waals surface area contributed by atoms with Crippen molar-refractivity contribution in [3.8, 4) is 0 Å². The lowest BCUT2D eigenvalue weighted by molar-refractivity contribution is 0.497. The number of hydrogen-bond donors (Lipinski definition) is 2. The van der Waals surface area contributed by atoms with Crippen molar-refractivity contribution in [3.63, 3.8) is 0 Å². The number of nitrogens with zero attached hydrogens (tertiary/aromatic N) is 2. The van der Waals surface area contributed by atoms with Crippen molar-refractivity contribution in [1.82, 2.24) is 4.98 Å². The standard InChI is InChI=1S/C18H22N4/c19-18(22-17-11-4-5-12-20-17)21-13-15-9-6-10-16(15)14-7-2-1-3-8-14/h1-5,7-8,11-12,15-16H,6,9-10,13H2,(H3,19,20,21,22). The van der Waals surface area contributed by atoms with Crippen molar-refractivity contribution in [2.24, 2.45) is 16.6 Å². The number of pyridine rings is 1. The maximum absolute atomic E-state index is 5.97. The van der Waals surface area contributed by atoms with Gasteiger partial charge in [0, 0.05) is 12.7 Å². The Labute approximate surface area is 131 Å². The monoisotopic (exact) mass is 294 g/mol. The van der Waals surface area contributed by atoms with Crippen molar-refractivity contribution >= 4 is 11.8 Å². The van der Waals surface area contributed by atoms with E-state index in [9.17, 15) is 0 Å². The van der Waals surface area contributed by atoms with Gasteiger partial charge < -0.3 is 11.1 Å². The Kier molecular flexibility index (Phi) is 4.68. The fourth-order valence-electron chi connectivity index (χ4n) is 3.22. The first-order valence-corrected chi connectivity index (χ1v) is 7.86. The lowest BCUT2D eigenvalue weighted by atomic mass is 9.89. The summed E-state index contributed by atoms with van der Waals surface area (Å²) >= 11 is 0. The van der Waals surface area contributed by atoms with E-state index in [1.54, 1.807) is 6.20 Å². The van der Waals surface area contributed by atoms with E-state index in [1.165, 1.54) is 24.8 Å². The van der Waals surface area contributed by atoms with E-state index < -0.39 is 0 Å². The number of hydrogen-bond acceptors (Lipinski definition) is 2. The van der Waals surface area contributed by atoms with Crippen LogP contribution in [0.2, 0.25) is 0 Å². The minimum atomic E-state index is 0.442. The first-order chi connectivity index (χ1) is 10.8. The van der Waals surface area contributed by atoms with Crippen LogP contribution in [0.4, 0.5) is 5.82 Å². The molecule has 1 aliphatic rings. The molecule has 1 fully saturated rings. The third-order valence-corrected chi connectivity index (χ3v) is 4.30. The minimum absolute atomic E-state index is 0.442. The molecule has 22 heavy (non-hydrogen) atoms. The molecule has 0 aliphatic heterocycles. The SMILES string of the molecule is NC(=NCC1CCCC1c1ccccc1)Nc1ccccn1. The fraction of sp³-hybridized carbons (Fsp3) is 0.333. The van der Waals surface area contributed by atoms with Gasteiger partial charge in [0.2, 0.25) is 0 Å². The predicted octanol–water partition coefficient (Wildman–Crippen LogP) is 3.39. The molecule has 3 rings (SSSR count). The lowest BCUT2D eigenvalue weighted by Crippen LogP contribution is -2.24. The molecule has 114 valence electrons. The van der Waals surface area contributed by atoms with Gasteiger partial charge in [-0.25, -0.2) is 4.98 Å². The average Bonchev–Trinajstić information content (AvgIpc) is 3.03. The highest BCUT2D eigenvalue weighted by atomic mass is 15.1. The van der Waals surface area contributed by atoms with Gasteiger partial charge in [0.1, 0.15) is 5.82 Å². The Morgan fingerprint density at radius 1 is 1.14 bits per heavy atom. The molecule has 1 heterocycles. The summed E-state index contributed by atoms with van der Waals surface area (Å²) in [6.07, 6.45) is 5.48. The molecule has 4 nitrogen and oxygen atoms in total. The lowest BCUT2D eigenvalue weighted by Gasteiger charge is -2.18. The number of aliphatic imine (C=N–C) groups is 1. The molecule has 2 aromatic rings. The van der Waals surface area contributed by atoms with Gasteiger partial charge in [-0.1, -0.05) is 42.8 Å². The Bertz CT molecular complexity index is 609. The number of aromatic nitrogens is 1. The van der Waals surface area contributed by atoms with Crippen LogP contribution in [-0.4, -0.2) is 17.5 Å². The highest BCUT2D eigenvalue weighted by Gasteiger charge is 2.28. The van der Waals surface area contributed by atoms with Gasteiger partial charge in [-0.05, 0) is 42.4 Å². The zero-order valence-electron chi connectivity index (χ0n) is 12.7. The molecule has 0 amide bonds. The van der Waals surface area contributed by atoms with Crippen molar-refractivity contribution in [2.45, 2.75) is 25.2 Å². The van der Waals surface area contributed by atoms with Crippen LogP contribution in [0.15, 0.2) is 59.7 Å². The maximum atomic E-state index is 5.97. The molecule has 1 aliphatic carbocycles. The summed E-state index contributed by atoms with van der Waals surface area (Å²) in [5, 5.41) is 3.04. The zero-order chi connectivity index (χ0) is 15.2. The van der Waals surface area contributed by atoms with Crippen molar-refractivity contribution in [1.29, 1.82) is 0 Å². The summed E-state index contributed by atoms with van der Waals surface area (Å²) < 4.78 is 0. The summed E-state index contributed by atoms with van der Waals surface area (Å²) in [5.74, 6) is 2.35. The predicted molar refractivity (Wildman–Crippen MR) is 90.9 cm³/mol. The topological polar surface area (TPSA) is 63.3 Å². The molecule has 0 spiro atoms. The van der Waals surface area contributed by atoms with Crippen molar-refractivity contribution in [3.05, 3.63) is 60.3 Å². The second-order valence-corrected chi connectivity index (χ2v) is 5.77. The van der Waals surface area contributed by atoms with Gasteiger partial charge in [0.05, 0.1) is 0 Å². The number of nitrogens with two attached hydrogens (primary N) is 1. The maximum Gasteiger partial charge on any atom is 0.194 e. The molecule has 0 saturated heterocycles. The average molecular weight is 294 g/mol. The second kappa shape index (κ2) is 7.07. The molecule has 2 atom stereocenters. The zero-order valence-corrected chi connectivity index (χ0v) is 12.7. The highest BCUT2D eigenvalue weighted by Crippen LogP contribution is 2.39. The normalized spacial score (nSPS) is 21.7. The van der Waals surface area contributed by atoms with Crippen molar-refractivity contribution < 1.29 is 0 Å². The minimum Gasteiger partial charge on any atom is -0.370 e. The third-order valence-electron chi connectivity index (χ3n) is 4.30. The van der Waals surface area contributed by atoms with Crippen LogP contribution in [0.3, 0.4) is 0 Å². The summed E-state index contributed by atoms with van der Waals surface area (Å²) in [6, 6.07) is 16.4. The summed E-state index contributed by atoms with van der Waals surface area (Å²) in [5.41, 5.74) is 7.39. The number of nitrogens with one attached hydrogen (secondary N) is 1. The third kappa shape index (κ3) is 3.64. The van der Waals surface area contributed by atoms with E-state index in [-0.39, 0.29) is 0 Å². The molecular formula is C18H22N4. The molecule has 0 bridgehead atoms. The van der Waals surface area contributed by atoms with Gasteiger partial charge in [-0.3, -0.25) is 4.99 Å². The first-order valence-electron chi connectivity index (χ1n) is 7.86. The van der Waals surface area contributed by atoms with Gasteiger partial charge in [-0.15, -0.1) is 0 Å². The number of rotatable bonds is 4. The number of guanidine groups is 1. The van der Waals surface area contributed by atoms with E-state index in [4.69, 9.17) is 5.73 Å². The van der Waals surface area contributed by atoms with Crippen LogP contribution in [0, 0.1) is 5.92 Å². The summed E-state index contributed by atoms with van der Waals surface area (Å²) in [7, 11) is 0. The van der Waals surface area contributed by atoms with Crippen LogP contribution in [0.25, 0.3) is 0 Å². The number of anilines is 1. The van der Waals surface area contributed by atoms with E-state index in [0.717, 1.165) is 12.4 Å². The molecular weight excluding hydrogens is 272 g/mol. The Morgan fingerprint density at radius 2 is 1.95 bits per heavy atom. The summed E-state index contributed by atoms with van der Waals surface area (Å²) in [4.78, 5) is 8.71. The van der Waals surface area contributed by atoms with Crippen molar-refractivity contribution in [2.75, 3.05) is 11.9 Å². The highest BCUT2D eigenvalue weighted by molar-refractivity contribution is 5.91. The van der Waals surface area contributed by atoms with Crippen LogP contribution >= 0.6 is 0 Å². The first kappa shape index (κ1) is 14.6. The van der Waals surface area contributed by atoms with E-state index in [2.05, 4.69) is 45.6 Å². The molecule has 1 aromatic heterocycles. The van der Waals surface area contributed by atoms with E-state index in [1.807, 2.05) is 18.2 Å². The summed E-state index contributed by atoms with van der Waals surface area (Å²) in [6.45, 7) is 0.769. The quantitative estimate of drug-likeness (QED) is 0.671. The fourth-order valence-corrected chi connectivity index (χ4v) is 3.22. The Morgan fingerprint density at radius 3 is 2.73 bits per heavy atom. The van der Waals surface area contributed by atoms with E-state index >= 15 is 0 Å². The Hall–Kier alpha value is -2.36. The van der Waals surface area contributed by atoms with Crippen LogP contribution in [0.5, 0.6) is 0 Å². The van der Waals surface area contributed by atoms with Crippen LogP contribution in [-0.2, 0) is 0 Å². The molecule has 3 N–H and O–H groups in total. The van der Waals surface area contributed by atoms with Gasteiger partial charge >= 0.3 is 0 Å². The van der Waals surface area contributed by atoms with Gasteiger partial charge in [-0.2, -0.15) is 0 Å². The molecule has 2 unspecified atom stereocenters. The van der Waals surface area contributed by atoms with Crippen LogP contribution in [0.1, 0.15) is 30.7 Å². The largest absolute Gasteiger partial charge is 0.370 e. The molecule has 0 radical (unpaired) electrons. The number of benzene rings is 1. The smallest absolute Gasteiger partial charge is 0.194 e. The molecule has 4 heteroatoms. The van der Waals surface area contributed by atoms with Gasteiger partial charge in [0.15, 0.2) is 5.96 Å². The van der Waals surface area contributed by atoms with Gasteiger partial charge in [0.25, 0.3) is 0 Å². The second-order valence-electron chi connectivity index (χ2n) is 5.77. The molecule has 1 saturated carbocycles.